The molecule has 2 rings (SSSR count). The van der Waals surface area contributed by atoms with E-state index in [4.69, 9.17) is 0 Å². The molecule has 8 unspecified atom stereocenters. The number of rotatable bonds is 0. The first kappa shape index (κ1) is 38.1. The zero-order valence-electron chi connectivity index (χ0n) is 19.0. The van der Waals surface area contributed by atoms with Gasteiger partial charge >= 0.3 is 0 Å². The zero-order chi connectivity index (χ0) is 17.2. The van der Waals surface area contributed by atoms with Crippen LogP contribution in [0.1, 0.15) is 96.9 Å². The molecule has 172 valence electrons. The van der Waals surface area contributed by atoms with Crippen molar-refractivity contribution in [1.82, 2.24) is 12.3 Å². The maximum absolute atomic E-state index is 2.42. The van der Waals surface area contributed by atoms with Crippen molar-refractivity contribution >= 4 is 17.0 Å². The van der Waals surface area contributed by atoms with Crippen molar-refractivity contribution in [2.75, 3.05) is 0 Å². The van der Waals surface area contributed by atoms with Crippen LogP contribution in [0.3, 0.4) is 0 Å². The molecule has 0 spiro atoms. The summed E-state index contributed by atoms with van der Waals surface area (Å²) in [6.45, 7) is 24.1. The maximum Gasteiger partial charge on any atom is -0.0386 e. The zero-order valence-corrected chi connectivity index (χ0v) is 20.7. The number of halogens is 1. The molecule has 0 heterocycles. The highest BCUT2D eigenvalue weighted by molar-refractivity contribution is 8.93. The third-order valence-electron chi connectivity index (χ3n) is 8.39. The Hall–Kier alpha value is 0.400. The Morgan fingerprint density at radius 1 is 0.370 bits per heavy atom. The first-order chi connectivity index (χ1) is 10.1. The van der Waals surface area contributed by atoms with E-state index in [-0.39, 0.29) is 44.1 Å². The number of hydrogen-bond acceptors (Lipinski definition) is 2. The number of hydrogen-bond donors (Lipinski definition) is 2. The lowest BCUT2D eigenvalue weighted by Gasteiger charge is -2.41. The first-order valence-electron chi connectivity index (χ1n) is 10.1. The second-order valence-corrected chi connectivity index (χ2v) is 9.54. The molecular weight excluding hydrogens is 396 g/mol. The fourth-order valence-corrected chi connectivity index (χ4v) is 5.06. The SMILES string of the molecule is Br.C.C.CC1CC(C)C(C)C(C)C1C.CC1CC(C)C(C)C(C)C1C.N.N. The normalized spacial score (nSPS) is 42.9. The molecule has 2 aliphatic rings. The van der Waals surface area contributed by atoms with Gasteiger partial charge in [0.2, 0.25) is 0 Å². The Morgan fingerprint density at radius 3 is 0.667 bits per heavy atom. The summed E-state index contributed by atoms with van der Waals surface area (Å²) in [7, 11) is 0. The van der Waals surface area contributed by atoms with E-state index in [2.05, 4.69) is 69.2 Å². The van der Waals surface area contributed by atoms with Crippen molar-refractivity contribution in [3.63, 3.8) is 0 Å². The third-order valence-corrected chi connectivity index (χ3v) is 8.39. The lowest BCUT2D eigenvalue weighted by molar-refractivity contribution is 0.0855. The molecule has 2 nitrogen and oxygen atoms in total. The maximum atomic E-state index is 2.42. The second-order valence-electron chi connectivity index (χ2n) is 9.54. The van der Waals surface area contributed by atoms with Crippen LogP contribution in [0.4, 0.5) is 0 Å². The van der Waals surface area contributed by atoms with Crippen LogP contribution in [-0.4, -0.2) is 0 Å². The van der Waals surface area contributed by atoms with Crippen LogP contribution in [0.2, 0.25) is 0 Å². The van der Waals surface area contributed by atoms with Crippen LogP contribution >= 0.6 is 17.0 Å². The lowest BCUT2D eigenvalue weighted by Crippen LogP contribution is -2.33. The smallest absolute Gasteiger partial charge is 0.0386 e. The van der Waals surface area contributed by atoms with Gasteiger partial charge in [-0.05, 0) is 72.0 Å². The standard InChI is InChI=1S/2C11H22.2CH4.BrH.2H3N/c2*1-7-6-8(2)10(4)11(5)9(7)3;;;;;/h2*7-11H,6H2,1-5H3;2*1H4;1H;2*1H3. The van der Waals surface area contributed by atoms with E-state index in [1.54, 1.807) is 0 Å². The fraction of sp³-hybridized carbons (Fsp3) is 1.00. The van der Waals surface area contributed by atoms with E-state index in [9.17, 15) is 0 Å². The van der Waals surface area contributed by atoms with Gasteiger partial charge in [0.25, 0.3) is 0 Å². The van der Waals surface area contributed by atoms with E-state index in [1.165, 1.54) is 12.8 Å². The van der Waals surface area contributed by atoms with Gasteiger partial charge in [-0.1, -0.05) is 84.1 Å². The van der Waals surface area contributed by atoms with Gasteiger partial charge in [-0.15, -0.1) is 17.0 Å². The monoisotopic (exact) mass is 454 g/mol. The minimum Gasteiger partial charge on any atom is -0.344 e. The molecule has 0 bridgehead atoms. The Bertz CT molecular complexity index is 276. The van der Waals surface area contributed by atoms with Crippen LogP contribution in [0.25, 0.3) is 0 Å². The highest BCUT2D eigenvalue weighted by atomic mass is 79.9. The molecule has 2 aliphatic carbocycles. The molecule has 2 saturated carbocycles. The minimum atomic E-state index is 0. The van der Waals surface area contributed by atoms with E-state index in [1.807, 2.05) is 0 Å². The van der Waals surface area contributed by atoms with Gasteiger partial charge in [0.1, 0.15) is 0 Å². The van der Waals surface area contributed by atoms with Gasteiger partial charge in [-0.3, -0.25) is 0 Å². The van der Waals surface area contributed by atoms with Crippen molar-refractivity contribution in [2.45, 2.75) is 96.9 Å². The average Bonchev–Trinajstić information content (AvgIpc) is 2.47. The minimum absolute atomic E-state index is 0. The Labute approximate surface area is 185 Å². The highest BCUT2D eigenvalue weighted by Crippen LogP contribution is 2.42. The largest absolute Gasteiger partial charge is 0.344 e. The molecule has 8 atom stereocenters. The van der Waals surface area contributed by atoms with E-state index >= 15 is 0 Å². The quantitative estimate of drug-likeness (QED) is 0.382. The van der Waals surface area contributed by atoms with Crippen LogP contribution in [0.5, 0.6) is 0 Å². The van der Waals surface area contributed by atoms with Crippen LogP contribution in [0.15, 0.2) is 0 Å². The summed E-state index contributed by atoms with van der Waals surface area (Å²) < 4.78 is 0. The molecule has 0 aliphatic heterocycles. The molecule has 27 heavy (non-hydrogen) atoms. The Kier molecular flexibility index (Phi) is 22.9. The van der Waals surface area contributed by atoms with Crippen LogP contribution in [0, 0.1) is 59.2 Å². The second kappa shape index (κ2) is 16.2. The molecular formula is C24H59BrN2. The van der Waals surface area contributed by atoms with E-state index in [0.29, 0.717) is 0 Å². The summed E-state index contributed by atoms with van der Waals surface area (Å²) >= 11 is 0. The Balaban J connectivity index is -0.000000101. The van der Waals surface area contributed by atoms with Crippen LogP contribution < -0.4 is 12.3 Å². The molecule has 0 amide bonds. The van der Waals surface area contributed by atoms with Gasteiger partial charge in [-0.2, -0.15) is 0 Å². The van der Waals surface area contributed by atoms with Gasteiger partial charge < -0.3 is 12.3 Å². The van der Waals surface area contributed by atoms with Gasteiger partial charge in [0.15, 0.2) is 0 Å². The highest BCUT2D eigenvalue weighted by Gasteiger charge is 2.34. The van der Waals surface area contributed by atoms with Crippen molar-refractivity contribution in [3.8, 4) is 0 Å². The van der Waals surface area contributed by atoms with Gasteiger partial charge in [0, 0.05) is 0 Å². The average molecular weight is 456 g/mol. The topological polar surface area (TPSA) is 70.0 Å². The van der Waals surface area contributed by atoms with Crippen molar-refractivity contribution in [2.24, 2.45) is 59.2 Å². The Morgan fingerprint density at radius 2 is 0.519 bits per heavy atom. The molecule has 0 aromatic carbocycles. The van der Waals surface area contributed by atoms with E-state index < -0.39 is 0 Å². The molecule has 2 fully saturated rings. The van der Waals surface area contributed by atoms with Crippen molar-refractivity contribution in [3.05, 3.63) is 0 Å². The third kappa shape index (κ3) is 9.63. The van der Waals surface area contributed by atoms with Crippen molar-refractivity contribution < 1.29 is 0 Å². The molecule has 0 aromatic heterocycles. The molecule has 3 heteroatoms. The van der Waals surface area contributed by atoms with Crippen molar-refractivity contribution in [1.29, 1.82) is 0 Å². The summed E-state index contributed by atoms with van der Waals surface area (Å²) in [5.74, 6) is 9.34. The van der Waals surface area contributed by atoms with Crippen LogP contribution in [-0.2, 0) is 0 Å². The summed E-state index contributed by atoms with van der Waals surface area (Å²) in [6, 6.07) is 0. The van der Waals surface area contributed by atoms with E-state index in [0.717, 1.165) is 59.2 Å². The first-order valence-corrected chi connectivity index (χ1v) is 10.1. The lowest BCUT2D eigenvalue weighted by atomic mass is 9.65. The predicted molar refractivity (Wildman–Crippen MR) is 135 cm³/mol. The van der Waals surface area contributed by atoms with Gasteiger partial charge in [-0.25, -0.2) is 0 Å². The molecule has 0 radical (unpaired) electrons. The summed E-state index contributed by atoms with van der Waals surface area (Å²) in [5.41, 5.74) is 0. The summed E-state index contributed by atoms with van der Waals surface area (Å²) in [5, 5.41) is 0. The summed E-state index contributed by atoms with van der Waals surface area (Å²) in [6.07, 6.45) is 2.87. The molecule has 0 saturated heterocycles. The van der Waals surface area contributed by atoms with Gasteiger partial charge in [0.05, 0.1) is 0 Å². The fourth-order valence-electron chi connectivity index (χ4n) is 5.06. The summed E-state index contributed by atoms with van der Waals surface area (Å²) in [4.78, 5) is 0. The predicted octanol–water partition coefficient (Wildman–Crippen LogP) is 9.32. The molecule has 6 N–H and O–H groups in total. The molecule has 0 aromatic rings.